The van der Waals surface area contributed by atoms with E-state index in [1.165, 1.54) is 38.4 Å². The summed E-state index contributed by atoms with van der Waals surface area (Å²) < 4.78 is 5.85. The molecule has 5 fully saturated rings. The molecule has 2 aromatic heterocycles. The molecule has 7 rings (SSSR count). The number of nitrogens with one attached hydrogen (secondary N) is 2. The number of fused-ring (bicyclic) bond motifs is 1. The van der Waals surface area contributed by atoms with E-state index in [0.717, 1.165) is 35.9 Å². The quantitative estimate of drug-likeness (QED) is 0.836. The van der Waals surface area contributed by atoms with Gasteiger partial charge in [-0.3, -0.25) is 4.79 Å². The Kier molecular flexibility index (Phi) is 3.43. The minimum atomic E-state index is -0.0208. The highest BCUT2D eigenvalue weighted by atomic mass is 16.3. The molecule has 2 heterocycles. The molecule has 0 unspecified atom stereocenters. The smallest absolute Gasteiger partial charge is 0.255 e. The van der Waals surface area contributed by atoms with Crippen molar-refractivity contribution in [2.75, 3.05) is 5.32 Å². The molecule has 0 atom stereocenters. The highest BCUT2D eigenvalue weighted by molar-refractivity contribution is 6.10. The third-order valence-electron chi connectivity index (χ3n) is 7.84. The van der Waals surface area contributed by atoms with Gasteiger partial charge in [0.05, 0.1) is 10.9 Å². The van der Waals surface area contributed by atoms with E-state index < -0.39 is 0 Å². The SMILES string of the molecule is Cc1oc2ncnc(NC3(C)CC3)c2c1C(=O)NC1C2CC3CC(C2)CC1C3. The number of hydrogen-bond acceptors (Lipinski definition) is 5. The van der Waals surface area contributed by atoms with Crippen LogP contribution in [0.4, 0.5) is 5.82 Å². The Labute approximate surface area is 164 Å². The fraction of sp³-hybridized carbons (Fsp3) is 0.682. The van der Waals surface area contributed by atoms with E-state index in [0.29, 0.717) is 34.9 Å². The maximum Gasteiger partial charge on any atom is 0.255 e. The van der Waals surface area contributed by atoms with Crippen LogP contribution in [0.5, 0.6) is 0 Å². The number of hydrogen-bond donors (Lipinski definition) is 2. The van der Waals surface area contributed by atoms with E-state index in [4.69, 9.17) is 4.42 Å². The minimum Gasteiger partial charge on any atom is -0.442 e. The van der Waals surface area contributed by atoms with Gasteiger partial charge in [-0.2, -0.15) is 0 Å². The van der Waals surface area contributed by atoms with E-state index in [1.54, 1.807) is 0 Å². The molecular formula is C22H28N4O2. The number of aromatic nitrogens is 2. The van der Waals surface area contributed by atoms with Crippen LogP contribution in [0.1, 0.15) is 68.0 Å². The van der Waals surface area contributed by atoms with Crippen LogP contribution >= 0.6 is 0 Å². The van der Waals surface area contributed by atoms with E-state index in [9.17, 15) is 4.79 Å². The number of nitrogens with zero attached hydrogens (tertiary/aromatic N) is 2. The van der Waals surface area contributed by atoms with Crippen LogP contribution in [0, 0.1) is 30.6 Å². The van der Waals surface area contributed by atoms with Crippen LogP contribution in [0.25, 0.3) is 11.1 Å². The molecule has 2 N–H and O–H groups in total. The van der Waals surface area contributed by atoms with Gasteiger partial charge in [-0.05, 0) is 82.5 Å². The van der Waals surface area contributed by atoms with Gasteiger partial charge in [0.2, 0.25) is 5.71 Å². The van der Waals surface area contributed by atoms with Crippen LogP contribution in [-0.2, 0) is 0 Å². The largest absolute Gasteiger partial charge is 0.442 e. The minimum absolute atomic E-state index is 0.0208. The second-order valence-electron chi connectivity index (χ2n) is 10.1. The van der Waals surface area contributed by atoms with Gasteiger partial charge in [-0.15, -0.1) is 0 Å². The second-order valence-corrected chi connectivity index (χ2v) is 10.1. The molecule has 0 spiro atoms. The van der Waals surface area contributed by atoms with E-state index in [2.05, 4.69) is 27.5 Å². The summed E-state index contributed by atoms with van der Waals surface area (Å²) >= 11 is 0. The Morgan fingerprint density at radius 2 is 1.79 bits per heavy atom. The van der Waals surface area contributed by atoms with Crippen LogP contribution in [0.15, 0.2) is 10.7 Å². The van der Waals surface area contributed by atoms with Gasteiger partial charge in [0.15, 0.2) is 0 Å². The van der Waals surface area contributed by atoms with Crippen LogP contribution in [-0.4, -0.2) is 27.5 Å². The van der Waals surface area contributed by atoms with Crippen molar-refractivity contribution in [2.45, 2.75) is 70.4 Å². The van der Waals surface area contributed by atoms with Gasteiger partial charge >= 0.3 is 0 Å². The van der Waals surface area contributed by atoms with Gasteiger partial charge < -0.3 is 15.1 Å². The Hall–Kier alpha value is -2.11. The molecule has 0 radical (unpaired) electrons. The maximum atomic E-state index is 13.4. The molecule has 6 heteroatoms. The molecule has 28 heavy (non-hydrogen) atoms. The Morgan fingerprint density at radius 3 is 2.43 bits per heavy atom. The number of aryl methyl sites for hydroxylation is 1. The zero-order chi connectivity index (χ0) is 19.0. The first-order chi connectivity index (χ1) is 13.5. The lowest BCUT2D eigenvalue weighted by Gasteiger charge is -2.54. The number of rotatable bonds is 4. The molecular weight excluding hydrogens is 352 g/mol. The summed E-state index contributed by atoms with van der Waals surface area (Å²) in [6, 6.07) is 0.312. The summed E-state index contributed by atoms with van der Waals surface area (Å²) in [6.07, 6.45) is 10.3. The molecule has 5 aliphatic rings. The molecule has 2 aromatic rings. The first-order valence-electron chi connectivity index (χ1n) is 10.8. The number of furan rings is 1. The first kappa shape index (κ1) is 16.8. The molecule has 6 nitrogen and oxygen atoms in total. The summed E-state index contributed by atoms with van der Waals surface area (Å²) in [5.41, 5.74) is 1.17. The number of carbonyl (C=O) groups excluding carboxylic acids is 1. The van der Waals surface area contributed by atoms with E-state index in [1.807, 2.05) is 6.92 Å². The summed E-state index contributed by atoms with van der Waals surface area (Å²) in [6.45, 7) is 4.04. The number of carbonyl (C=O) groups is 1. The molecule has 148 valence electrons. The molecule has 1 amide bonds. The maximum absolute atomic E-state index is 13.4. The lowest BCUT2D eigenvalue weighted by atomic mass is 9.54. The summed E-state index contributed by atoms with van der Waals surface area (Å²) in [7, 11) is 0. The van der Waals surface area contributed by atoms with Crippen LogP contribution in [0.2, 0.25) is 0 Å². The summed E-state index contributed by atoms with van der Waals surface area (Å²) in [4.78, 5) is 22.1. The monoisotopic (exact) mass is 380 g/mol. The Bertz CT molecular complexity index is 933. The number of amides is 1. The summed E-state index contributed by atoms with van der Waals surface area (Å²) in [5.74, 6) is 4.42. The van der Waals surface area contributed by atoms with Crippen molar-refractivity contribution in [3.8, 4) is 0 Å². The fourth-order valence-corrected chi connectivity index (χ4v) is 6.40. The lowest BCUT2D eigenvalue weighted by molar-refractivity contribution is -0.0119. The highest BCUT2D eigenvalue weighted by Crippen LogP contribution is 2.53. The van der Waals surface area contributed by atoms with E-state index in [-0.39, 0.29) is 11.4 Å². The van der Waals surface area contributed by atoms with Crippen molar-refractivity contribution in [3.63, 3.8) is 0 Å². The van der Waals surface area contributed by atoms with Gasteiger partial charge in [0, 0.05) is 11.6 Å². The standard InChI is InChI=1S/C22H28N4O2/c1-11-16(17-19(26-22(2)3-4-22)23-10-24-21(17)28-11)20(27)25-18-14-6-12-5-13(8-14)9-15(18)7-12/h10,12-15,18H,3-9H2,1-2H3,(H,25,27)(H,23,24,26). The van der Waals surface area contributed by atoms with Crippen molar-refractivity contribution >= 4 is 22.8 Å². The summed E-state index contributed by atoms with van der Waals surface area (Å²) in [5, 5.41) is 7.66. The first-order valence-corrected chi connectivity index (χ1v) is 10.8. The predicted octanol–water partition coefficient (Wildman–Crippen LogP) is 4.05. The molecule has 5 aliphatic carbocycles. The van der Waals surface area contributed by atoms with Crippen molar-refractivity contribution in [1.29, 1.82) is 0 Å². The average molecular weight is 380 g/mol. The zero-order valence-corrected chi connectivity index (χ0v) is 16.6. The second kappa shape index (κ2) is 5.71. The third kappa shape index (κ3) is 2.56. The van der Waals surface area contributed by atoms with Crippen molar-refractivity contribution in [2.24, 2.45) is 23.7 Å². The normalized spacial score (nSPS) is 34.6. The molecule has 5 saturated carbocycles. The average Bonchev–Trinajstić information content (AvgIpc) is 3.25. The molecule has 0 aliphatic heterocycles. The van der Waals surface area contributed by atoms with Crippen molar-refractivity contribution in [3.05, 3.63) is 17.7 Å². The fourth-order valence-electron chi connectivity index (χ4n) is 6.40. The van der Waals surface area contributed by atoms with Gasteiger partial charge in [-0.1, -0.05) is 0 Å². The zero-order valence-electron chi connectivity index (χ0n) is 16.6. The molecule has 4 bridgehead atoms. The van der Waals surface area contributed by atoms with Gasteiger partial charge in [0.25, 0.3) is 5.91 Å². The van der Waals surface area contributed by atoms with E-state index >= 15 is 0 Å². The van der Waals surface area contributed by atoms with Gasteiger partial charge in [0.1, 0.15) is 17.9 Å². The van der Waals surface area contributed by atoms with Crippen molar-refractivity contribution in [1.82, 2.24) is 15.3 Å². The van der Waals surface area contributed by atoms with Crippen molar-refractivity contribution < 1.29 is 9.21 Å². The van der Waals surface area contributed by atoms with Crippen LogP contribution < -0.4 is 10.6 Å². The Balaban J connectivity index is 1.33. The van der Waals surface area contributed by atoms with Crippen LogP contribution in [0.3, 0.4) is 0 Å². The number of anilines is 1. The predicted molar refractivity (Wildman–Crippen MR) is 106 cm³/mol. The highest BCUT2D eigenvalue weighted by Gasteiger charge is 2.49. The molecule has 0 saturated heterocycles. The third-order valence-corrected chi connectivity index (χ3v) is 7.84. The lowest BCUT2D eigenvalue weighted by Crippen LogP contribution is -2.55. The topological polar surface area (TPSA) is 80.1 Å². The van der Waals surface area contributed by atoms with Gasteiger partial charge in [-0.25, -0.2) is 9.97 Å². The molecule has 0 aromatic carbocycles. The Morgan fingerprint density at radius 1 is 1.11 bits per heavy atom.